The van der Waals surface area contributed by atoms with E-state index in [9.17, 15) is 0 Å². The fraction of sp³-hybridized carbons (Fsp3) is 0.529. The molecular weight excluding hydrogens is 218 g/mol. The van der Waals surface area contributed by atoms with Gasteiger partial charge in [0.05, 0.1) is 0 Å². The molecule has 1 fully saturated rings. The highest BCUT2D eigenvalue weighted by atomic mass is 14.5. The first-order chi connectivity index (χ1) is 8.61. The minimum atomic E-state index is 0.506. The number of rotatable bonds is 3. The highest BCUT2D eigenvalue weighted by Gasteiger charge is 2.28. The molecule has 0 saturated heterocycles. The monoisotopic (exact) mass is 243 g/mol. The molecule has 18 heavy (non-hydrogen) atoms. The van der Waals surface area contributed by atoms with Crippen LogP contribution in [-0.4, -0.2) is 6.54 Å². The molecule has 0 spiro atoms. The lowest BCUT2D eigenvalue weighted by atomic mass is 9.70. The molecule has 1 nitrogen and oxygen atoms in total. The second-order valence-electron chi connectivity index (χ2n) is 6.27. The van der Waals surface area contributed by atoms with Gasteiger partial charge in [0.25, 0.3) is 0 Å². The van der Waals surface area contributed by atoms with E-state index in [0.29, 0.717) is 12.0 Å². The normalized spacial score (nSPS) is 23.4. The van der Waals surface area contributed by atoms with E-state index >= 15 is 0 Å². The van der Waals surface area contributed by atoms with Crippen LogP contribution in [0.2, 0.25) is 0 Å². The zero-order chi connectivity index (χ0) is 13.0. The number of benzene rings is 1. The molecule has 1 aromatic rings. The van der Waals surface area contributed by atoms with Gasteiger partial charge < -0.3 is 5.73 Å². The van der Waals surface area contributed by atoms with Gasteiger partial charge in [-0.1, -0.05) is 56.7 Å². The zero-order valence-electron chi connectivity index (χ0n) is 11.7. The number of nitrogens with two attached hydrogens (primary N) is 1. The molecule has 0 heterocycles. The number of hydrogen-bond donors (Lipinski definition) is 1. The molecule has 1 unspecified atom stereocenters. The van der Waals surface area contributed by atoms with Crippen molar-refractivity contribution in [3.8, 4) is 0 Å². The third-order valence-electron chi connectivity index (χ3n) is 4.03. The van der Waals surface area contributed by atoms with Crippen LogP contribution in [0.5, 0.6) is 0 Å². The van der Waals surface area contributed by atoms with Gasteiger partial charge in [0.15, 0.2) is 0 Å². The van der Waals surface area contributed by atoms with Crippen molar-refractivity contribution >= 4 is 6.08 Å². The molecule has 2 rings (SSSR count). The summed E-state index contributed by atoms with van der Waals surface area (Å²) in [5, 5.41) is 0. The van der Waals surface area contributed by atoms with Crippen LogP contribution in [0.3, 0.4) is 0 Å². The summed E-state index contributed by atoms with van der Waals surface area (Å²) >= 11 is 0. The predicted molar refractivity (Wildman–Crippen MR) is 79.5 cm³/mol. The summed E-state index contributed by atoms with van der Waals surface area (Å²) in [7, 11) is 0. The molecule has 0 bridgehead atoms. The molecule has 0 amide bonds. The topological polar surface area (TPSA) is 26.0 Å². The molecule has 0 radical (unpaired) electrons. The summed E-state index contributed by atoms with van der Waals surface area (Å²) in [5.74, 6) is 0.736. The summed E-state index contributed by atoms with van der Waals surface area (Å²) in [4.78, 5) is 0. The van der Waals surface area contributed by atoms with Crippen LogP contribution in [-0.2, 0) is 0 Å². The first-order valence-electron chi connectivity index (χ1n) is 7.07. The molecule has 1 saturated carbocycles. The van der Waals surface area contributed by atoms with E-state index < -0.39 is 0 Å². The lowest BCUT2D eigenvalue weighted by Gasteiger charge is -2.35. The Bertz CT molecular complexity index is 417. The Hall–Kier alpha value is -1.08. The van der Waals surface area contributed by atoms with Crippen molar-refractivity contribution in [3.05, 3.63) is 41.5 Å². The molecule has 1 aliphatic rings. The second kappa shape index (κ2) is 5.71. The first-order valence-corrected chi connectivity index (χ1v) is 7.07. The van der Waals surface area contributed by atoms with Crippen molar-refractivity contribution < 1.29 is 0 Å². The van der Waals surface area contributed by atoms with Crippen molar-refractivity contribution in [2.75, 3.05) is 6.54 Å². The second-order valence-corrected chi connectivity index (χ2v) is 6.27. The van der Waals surface area contributed by atoms with Crippen LogP contribution in [0.15, 0.2) is 30.3 Å². The summed E-state index contributed by atoms with van der Waals surface area (Å²) in [5.41, 5.74) is 8.79. The van der Waals surface area contributed by atoms with E-state index in [2.05, 4.69) is 44.2 Å². The van der Waals surface area contributed by atoms with Crippen LogP contribution < -0.4 is 5.73 Å². The van der Waals surface area contributed by atoms with E-state index in [1.165, 1.54) is 36.8 Å². The maximum Gasteiger partial charge on any atom is 0.0110 e. The van der Waals surface area contributed by atoms with E-state index in [-0.39, 0.29) is 0 Å². The van der Waals surface area contributed by atoms with Gasteiger partial charge in [0.2, 0.25) is 0 Å². The SMILES string of the molecule is CC1(C)CCCC(c2cccc(/C=C/CN)c2)C1. The zero-order valence-corrected chi connectivity index (χ0v) is 11.7. The van der Waals surface area contributed by atoms with Crippen molar-refractivity contribution in [1.82, 2.24) is 0 Å². The third kappa shape index (κ3) is 3.46. The van der Waals surface area contributed by atoms with Crippen LogP contribution in [0, 0.1) is 5.41 Å². The molecule has 2 N–H and O–H groups in total. The van der Waals surface area contributed by atoms with Crippen molar-refractivity contribution in [2.45, 2.75) is 45.4 Å². The van der Waals surface area contributed by atoms with Gasteiger partial charge in [-0.25, -0.2) is 0 Å². The Kier molecular flexibility index (Phi) is 4.23. The largest absolute Gasteiger partial charge is 0.327 e. The summed E-state index contributed by atoms with van der Waals surface area (Å²) in [6, 6.07) is 8.95. The average molecular weight is 243 g/mol. The van der Waals surface area contributed by atoms with Gasteiger partial charge in [-0.2, -0.15) is 0 Å². The molecule has 0 aromatic heterocycles. The maximum atomic E-state index is 5.51. The summed E-state index contributed by atoms with van der Waals surface area (Å²) < 4.78 is 0. The standard InChI is InChI=1S/C17H25N/c1-17(2)10-4-9-16(13-17)15-8-3-6-14(12-15)7-5-11-18/h3,5-8,12,16H,4,9-11,13,18H2,1-2H3/b7-5+. The Morgan fingerprint density at radius 2 is 2.22 bits per heavy atom. The van der Waals surface area contributed by atoms with Gasteiger partial charge >= 0.3 is 0 Å². The molecule has 0 aliphatic heterocycles. The van der Waals surface area contributed by atoms with Crippen molar-refractivity contribution in [1.29, 1.82) is 0 Å². The van der Waals surface area contributed by atoms with Crippen LogP contribution in [0.4, 0.5) is 0 Å². The highest BCUT2D eigenvalue weighted by molar-refractivity contribution is 5.50. The van der Waals surface area contributed by atoms with Crippen LogP contribution >= 0.6 is 0 Å². The fourth-order valence-corrected chi connectivity index (χ4v) is 3.10. The minimum absolute atomic E-state index is 0.506. The minimum Gasteiger partial charge on any atom is -0.327 e. The Balaban J connectivity index is 2.15. The average Bonchev–Trinajstić information content (AvgIpc) is 2.35. The van der Waals surface area contributed by atoms with Gasteiger partial charge in [-0.15, -0.1) is 0 Å². The lowest BCUT2D eigenvalue weighted by Crippen LogP contribution is -2.21. The predicted octanol–water partition coefficient (Wildman–Crippen LogP) is 4.34. The highest BCUT2D eigenvalue weighted by Crippen LogP contribution is 2.43. The van der Waals surface area contributed by atoms with Gasteiger partial charge in [0.1, 0.15) is 0 Å². The van der Waals surface area contributed by atoms with Crippen molar-refractivity contribution in [3.63, 3.8) is 0 Å². The number of hydrogen-bond acceptors (Lipinski definition) is 1. The van der Waals surface area contributed by atoms with Gasteiger partial charge in [-0.3, -0.25) is 0 Å². The molecule has 1 aromatic carbocycles. The molecule has 1 heteroatoms. The molecular formula is C17H25N. The fourth-order valence-electron chi connectivity index (χ4n) is 3.10. The molecule has 1 aliphatic carbocycles. The summed E-state index contributed by atoms with van der Waals surface area (Å²) in [6.45, 7) is 5.41. The quantitative estimate of drug-likeness (QED) is 0.839. The van der Waals surface area contributed by atoms with E-state index in [4.69, 9.17) is 5.73 Å². The van der Waals surface area contributed by atoms with Crippen LogP contribution in [0.25, 0.3) is 6.08 Å². The van der Waals surface area contributed by atoms with Crippen LogP contribution in [0.1, 0.15) is 56.6 Å². The third-order valence-corrected chi connectivity index (χ3v) is 4.03. The molecule has 98 valence electrons. The van der Waals surface area contributed by atoms with Crippen molar-refractivity contribution in [2.24, 2.45) is 11.1 Å². The molecule has 1 atom stereocenters. The first kappa shape index (κ1) is 13.4. The van der Waals surface area contributed by atoms with Gasteiger partial charge in [-0.05, 0) is 41.7 Å². The summed E-state index contributed by atoms with van der Waals surface area (Å²) in [6.07, 6.45) is 9.53. The van der Waals surface area contributed by atoms with E-state index in [1.807, 2.05) is 6.08 Å². The Labute approximate surface area is 111 Å². The maximum absolute atomic E-state index is 5.51. The smallest absolute Gasteiger partial charge is 0.0110 e. The Morgan fingerprint density at radius 3 is 2.94 bits per heavy atom. The van der Waals surface area contributed by atoms with Gasteiger partial charge in [0, 0.05) is 6.54 Å². The van der Waals surface area contributed by atoms with E-state index in [0.717, 1.165) is 5.92 Å². The van der Waals surface area contributed by atoms with E-state index in [1.54, 1.807) is 0 Å². The lowest BCUT2D eigenvalue weighted by molar-refractivity contribution is 0.219. The Morgan fingerprint density at radius 1 is 1.39 bits per heavy atom.